The summed E-state index contributed by atoms with van der Waals surface area (Å²) >= 11 is 0. The van der Waals surface area contributed by atoms with Crippen molar-refractivity contribution >= 4 is 0 Å². The average Bonchev–Trinajstić information content (AvgIpc) is 3.15. The van der Waals surface area contributed by atoms with Gasteiger partial charge in [0.1, 0.15) is 0 Å². The molecule has 1 saturated heterocycles. The number of fused-ring (bicyclic) bond motifs is 1. The number of aromatic nitrogens is 2. The van der Waals surface area contributed by atoms with Crippen LogP contribution in [0.5, 0.6) is 0 Å². The van der Waals surface area contributed by atoms with Crippen LogP contribution in [0.4, 0.5) is 0 Å². The second kappa shape index (κ2) is 4.68. The molecule has 4 rings (SSSR count). The smallest absolute Gasteiger partial charge is 0.243 e. The van der Waals surface area contributed by atoms with Crippen molar-refractivity contribution in [2.45, 2.75) is 37.3 Å². The summed E-state index contributed by atoms with van der Waals surface area (Å²) in [6, 6.07) is 8.45. The monoisotopic (exact) mass is 271 g/mol. The van der Waals surface area contributed by atoms with E-state index in [9.17, 15) is 5.11 Å². The number of aryl methyl sites for hydroxylation is 1. The molecule has 1 aromatic carbocycles. The van der Waals surface area contributed by atoms with Crippen molar-refractivity contribution in [3.63, 3.8) is 0 Å². The molecule has 5 heteroatoms. The molecular formula is C15H17N3O2. The van der Waals surface area contributed by atoms with Crippen molar-refractivity contribution in [2.75, 3.05) is 6.54 Å². The molecule has 2 aliphatic rings. The number of hydrogen-bond donors (Lipinski definition) is 2. The van der Waals surface area contributed by atoms with E-state index in [-0.39, 0.29) is 18.1 Å². The Balaban J connectivity index is 1.60. The molecule has 1 aliphatic heterocycles. The Morgan fingerprint density at radius 2 is 2.20 bits per heavy atom. The van der Waals surface area contributed by atoms with Gasteiger partial charge < -0.3 is 14.9 Å². The molecule has 20 heavy (non-hydrogen) atoms. The van der Waals surface area contributed by atoms with Crippen LogP contribution in [0.15, 0.2) is 28.8 Å². The first-order valence-electron chi connectivity index (χ1n) is 7.14. The maximum absolute atomic E-state index is 9.56. The largest absolute Gasteiger partial charge is 0.392 e. The first-order chi connectivity index (χ1) is 9.81. The molecule has 2 heterocycles. The molecule has 5 nitrogen and oxygen atoms in total. The van der Waals surface area contributed by atoms with Crippen LogP contribution in [0.1, 0.15) is 47.6 Å². The SMILES string of the molecule is OC1CNC(c2nc(C3CCc4ccccc43)no2)C1. The van der Waals surface area contributed by atoms with Crippen LogP contribution in [0, 0.1) is 0 Å². The minimum absolute atomic E-state index is 0.0112. The Kier molecular flexibility index (Phi) is 2.82. The number of benzene rings is 1. The van der Waals surface area contributed by atoms with Gasteiger partial charge in [-0.3, -0.25) is 0 Å². The molecule has 0 amide bonds. The van der Waals surface area contributed by atoms with Gasteiger partial charge >= 0.3 is 0 Å². The molecule has 0 saturated carbocycles. The first-order valence-corrected chi connectivity index (χ1v) is 7.14. The number of aliphatic hydroxyl groups excluding tert-OH is 1. The van der Waals surface area contributed by atoms with Gasteiger partial charge in [0, 0.05) is 12.5 Å². The predicted octanol–water partition coefficient (Wildman–Crippen LogP) is 1.54. The maximum Gasteiger partial charge on any atom is 0.243 e. The zero-order valence-corrected chi connectivity index (χ0v) is 11.1. The minimum Gasteiger partial charge on any atom is -0.392 e. The van der Waals surface area contributed by atoms with Crippen molar-refractivity contribution in [3.05, 3.63) is 47.1 Å². The van der Waals surface area contributed by atoms with Crippen LogP contribution in [-0.4, -0.2) is 27.9 Å². The fourth-order valence-electron chi connectivity index (χ4n) is 3.26. The summed E-state index contributed by atoms with van der Waals surface area (Å²) in [5.41, 5.74) is 2.71. The molecule has 1 aliphatic carbocycles. The van der Waals surface area contributed by atoms with Crippen LogP contribution in [0.25, 0.3) is 0 Å². The Morgan fingerprint density at radius 3 is 3.05 bits per heavy atom. The van der Waals surface area contributed by atoms with E-state index in [1.54, 1.807) is 0 Å². The summed E-state index contributed by atoms with van der Waals surface area (Å²) in [7, 11) is 0. The normalized spacial score (nSPS) is 28.8. The zero-order chi connectivity index (χ0) is 13.5. The average molecular weight is 271 g/mol. The van der Waals surface area contributed by atoms with E-state index >= 15 is 0 Å². The third kappa shape index (κ3) is 1.94. The van der Waals surface area contributed by atoms with Gasteiger partial charge in [0.05, 0.1) is 12.1 Å². The van der Waals surface area contributed by atoms with E-state index in [0.717, 1.165) is 18.7 Å². The molecule has 3 unspecified atom stereocenters. The highest BCUT2D eigenvalue weighted by Gasteiger charge is 2.31. The highest BCUT2D eigenvalue weighted by molar-refractivity contribution is 5.38. The lowest BCUT2D eigenvalue weighted by molar-refractivity contribution is 0.191. The summed E-state index contributed by atoms with van der Waals surface area (Å²) in [6.07, 6.45) is 2.44. The van der Waals surface area contributed by atoms with Gasteiger partial charge in [0.15, 0.2) is 5.82 Å². The van der Waals surface area contributed by atoms with Crippen molar-refractivity contribution in [2.24, 2.45) is 0 Å². The fourth-order valence-corrected chi connectivity index (χ4v) is 3.26. The fraction of sp³-hybridized carbons (Fsp3) is 0.467. The van der Waals surface area contributed by atoms with Gasteiger partial charge in [-0.15, -0.1) is 0 Å². The lowest BCUT2D eigenvalue weighted by Gasteiger charge is -2.06. The van der Waals surface area contributed by atoms with Gasteiger partial charge in [0.2, 0.25) is 5.89 Å². The van der Waals surface area contributed by atoms with E-state index in [4.69, 9.17) is 4.52 Å². The van der Waals surface area contributed by atoms with Gasteiger partial charge in [-0.25, -0.2) is 0 Å². The summed E-state index contributed by atoms with van der Waals surface area (Å²) in [4.78, 5) is 4.56. The van der Waals surface area contributed by atoms with Gasteiger partial charge in [0.25, 0.3) is 0 Å². The molecule has 0 spiro atoms. The number of nitrogens with zero attached hydrogens (tertiary/aromatic N) is 2. The highest BCUT2D eigenvalue weighted by Crippen LogP contribution is 2.37. The number of nitrogens with one attached hydrogen (secondary N) is 1. The molecule has 3 atom stereocenters. The third-order valence-electron chi connectivity index (χ3n) is 4.31. The zero-order valence-electron chi connectivity index (χ0n) is 11.1. The van der Waals surface area contributed by atoms with Crippen LogP contribution >= 0.6 is 0 Å². The third-order valence-corrected chi connectivity index (χ3v) is 4.31. The Labute approximate surface area is 117 Å². The molecule has 0 bridgehead atoms. The molecule has 2 aromatic rings. The van der Waals surface area contributed by atoms with E-state index in [1.807, 2.05) is 0 Å². The molecular weight excluding hydrogens is 254 g/mol. The first kappa shape index (κ1) is 12.1. The summed E-state index contributed by atoms with van der Waals surface area (Å²) < 4.78 is 5.39. The molecule has 2 N–H and O–H groups in total. The van der Waals surface area contributed by atoms with E-state index in [1.165, 1.54) is 11.1 Å². The van der Waals surface area contributed by atoms with Crippen molar-refractivity contribution in [1.82, 2.24) is 15.5 Å². The Bertz CT molecular complexity index is 625. The van der Waals surface area contributed by atoms with E-state index in [0.29, 0.717) is 18.9 Å². The van der Waals surface area contributed by atoms with E-state index < -0.39 is 0 Å². The summed E-state index contributed by atoms with van der Waals surface area (Å²) in [5.74, 6) is 1.61. The summed E-state index contributed by atoms with van der Waals surface area (Å²) in [5, 5.41) is 16.9. The van der Waals surface area contributed by atoms with Crippen molar-refractivity contribution in [3.8, 4) is 0 Å². The topological polar surface area (TPSA) is 71.2 Å². The van der Waals surface area contributed by atoms with Crippen LogP contribution in [0.3, 0.4) is 0 Å². The second-order valence-corrected chi connectivity index (χ2v) is 5.63. The molecule has 0 radical (unpaired) electrons. The predicted molar refractivity (Wildman–Crippen MR) is 72.3 cm³/mol. The summed E-state index contributed by atoms with van der Waals surface area (Å²) in [6.45, 7) is 0.592. The van der Waals surface area contributed by atoms with Crippen molar-refractivity contribution in [1.29, 1.82) is 0 Å². The lowest BCUT2D eigenvalue weighted by Crippen LogP contribution is -2.15. The maximum atomic E-state index is 9.56. The van der Waals surface area contributed by atoms with Crippen LogP contribution in [0.2, 0.25) is 0 Å². The van der Waals surface area contributed by atoms with Crippen LogP contribution < -0.4 is 5.32 Å². The molecule has 104 valence electrons. The number of β-amino-alcohol motifs (C(OH)–C–C–N with tert-alkyl or cyclic N) is 1. The quantitative estimate of drug-likeness (QED) is 0.867. The number of rotatable bonds is 2. The molecule has 1 aromatic heterocycles. The number of aliphatic hydroxyl groups is 1. The van der Waals surface area contributed by atoms with E-state index in [2.05, 4.69) is 39.7 Å². The lowest BCUT2D eigenvalue weighted by atomic mass is 10.0. The number of hydrogen-bond acceptors (Lipinski definition) is 5. The Hall–Kier alpha value is -1.72. The second-order valence-electron chi connectivity index (χ2n) is 5.63. The van der Waals surface area contributed by atoms with Gasteiger partial charge in [-0.1, -0.05) is 29.4 Å². The Morgan fingerprint density at radius 1 is 1.30 bits per heavy atom. The molecule has 1 fully saturated rings. The van der Waals surface area contributed by atoms with Crippen molar-refractivity contribution < 1.29 is 9.63 Å². The van der Waals surface area contributed by atoms with Gasteiger partial charge in [-0.05, 0) is 30.4 Å². The van der Waals surface area contributed by atoms with Crippen LogP contribution in [-0.2, 0) is 6.42 Å². The highest BCUT2D eigenvalue weighted by atomic mass is 16.5. The van der Waals surface area contributed by atoms with Gasteiger partial charge in [-0.2, -0.15) is 4.98 Å². The minimum atomic E-state index is -0.317. The standard InChI is InChI=1S/C15H17N3O2/c19-10-7-13(16-8-10)15-17-14(18-20-15)12-6-5-9-3-1-2-4-11(9)12/h1-4,10,12-13,16,19H,5-8H2.